The van der Waals surface area contributed by atoms with E-state index in [0.717, 1.165) is 10.4 Å². The first-order valence-electron chi connectivity index (χ1n) is 6.74. The highest BCUT2D eigenvalue weighted by Gasteiger charge is 2.40. The van der Waals surface area contributed by atoms with Crippen LogP contribution in [0.5, 0.6) is 0 Å². The van der Waals surface area contributed by atoms with Gasteiger partial charge in [0, 0.05) is 6.54 Å². The lowest BCUT2D eigenvalue weighted by Gasteiger charge is -2.35. The van der Waals surface area contributed by atoms with E-state index < -0.39 is 27.9 Å². The molecule has 0 bridgehead atoms. The molecule has 21 heavy (non-hydrogen) atoms. The molecule has 5 nitrogen and oxygen atoms in total. The maximum absolute atomic E-state index is 13.4. The summed E-state index contributed by atoms with van der Waals surface area (Å²) in [5.74, 6) is -1.68. The Kier molecular flexibility index (Phi) is 4.34. The molecule has 1 heterocycles. The van der Waals surface area contributed by atoms with Crippen LogP contribution in [0, 0.1) is 18.7 Å². The summed E-state index contributed by atoms with van der Waals surface area (Å²) >= 11 is 0. The molecular formula is C14H18FNO4S. The van der Waals surface area contributed by atoms with Gasteiger partial charge in [0.05, 0.1) is 4.90 Å². The average molecular weight is 315 g/mol. The predicted molar refractivity (Wildman–Crippen MR) is 74.9 cm³/mol. The van der Waals surface area contributed by atoms with Crippen molar-refractivity contribution in [3.63, 3.8) is 0 Å². The zero-order valence-corrected chi connectivity index (χ0v) is 12.7. The van der Waals surface area contributed by atoms with Crippen molar-refractivity contribution in [2.24, 2.45) is 5.92 Å². The summed E-state index contributed by atoms with van der Waals surface area (Å²) in [6.07, 6.45) is 0.861. The van der Waals surface area contributed by atoms with E-state index in [1.54, 1.807) is 6.92 Å². The first-order valence-corrected chi connectivity index (χ1v) is 8.18. The summed E-state index contributed by atoms with van der Waals surface area (Å²) in [4.78, 5) is 11.2. The quantitative estimate of drug-likeness (QED) is 0.926. The van der Waals surface area contributed by atoms with Crippen molar-refractivity contribution < 1.29 is 22.7 Å². The third-order valence-corrected chi connectivity index (χ3v) is 5.89. The number of aryl methyl sites for hydroxylation is 1. The van der Waals surface area contributed by atoms with Crippen LogP contribution < -0.4 is 0 Å². The van der Waals surface area contributed by atoms with Gasteiger partial charge in [-0.1, -0.05) is 13.0 Å². The number of benzene rings is 1. The Morgan fingerprint density at radius 1 is 1.43 bits per heavy atom. The summed E-state index contributed by atoms with van der Waals surface area (Å²) < 4.78 is 39.7. The molecule has 2 rings (SSSR count). The number of halogens is 1. The molecule has 0 radical (unpaired) electrons. The molecule has 0 aliphatic carbocycles. The predicted octanol–water partition coefficient (Wildman–Crippen LogP) is 2.01. The molecule has 1 aromatic rings. The van der Waals surface area contributed by atoms with E-state index in [9.17, 15) is 22.7 Å². The standard InChI is InChI=1S/C14H18FNO4S/c1-9-5-6-16(12(7-9)14(17)18)21(19,20)13-8-11(15)4-3-10(13)2/h3-4,8-9,12H,5-7H2,1-2H3,(H,17,18). The second-order valence-electron chi connectivity index (χ2n) is 5.51. The highest BCUT2D eigenvalue weighted by molar-refractivity contribution is 7.89. The molecule has 0 aromatic heterocycles. The van der Waals surface area contributed by atoms with E-state index in [0.29, 0.717) is 12.0 Å². The Hall–Kier alpha value is -1.47. The van der Waals surface area contributed by atoms with Gasteiger partial charge in [-0.3, -0.25) is 4.79 Å². The Bertz CT molecular complexity index is 659. The highest BCUT2D eigenvalue weighted by Crippen LogP contribution is 2.30. The number of hydrogen-bond donors (Lipinski definition) is 1. The lowest BCUT2D eigenvalue weighted by atomic mass is 9.94. The fourth-order valence-electron chi connectivity index (χ4n) is 2.61. The minimum absolute atomic E-state index is 0.135. The number of nitrogens with zero attached hydrogens (tertiary/aromatic N) is 1. The van der Waals surface area contributed by atoms with Crippen LogP contribution in [0.3, 0.4) is 0 Å². The zero-order chi connectivity index (χ0) is 15.8. The van der Waals surface area contributed by atoms with E-state index in [-0.39, 0.29) is 23.8 Å². The second-order valence-corrected chi connectivity index (χ2v) is 7.37. The molecule has 2 atom stereocenters. The number of carbonyl (C=O) groups is 1. The Morgan fingerprint density at radius 2 is 2.10 bits per heavy atom. The SMILES string of the molecule is Cc1ccc(F)cc1S(=O)(=O)N1CCC(C)CC1C(=O)O. The third-order valence-electron chi connectivity index (χ3n) is 3.84. The molecule has 116 valence electrons. The molecular weight excluding hydrogens is 297 g/mol. The van der Waals surface area contributed by atoms with Crippen LogP contribution in [0.1, 0.15) is 25.3 Å². The van der Waals surface area contributed by atoms with Gasteiger partial charge in [0.2, 0.25) is 10.0 Å². The van der Waals surface area contributed by atoms with Crippen LogP contribution in [0.15, 0.2) is 23.1 Å². The average Bonchev–Trinajstić information content (AvgIpc) is 2.41. The van der Waals surface area contributed by atoms with Crippen LogP contribution in [0.4, 0.5) is 4.39 Å². The van der Waals surface area contributed by atoms with Gasteiger partial charge >= 0.3 is 5.97 Å². The van der Waals surface area contributed by atoms with Crippen molar-refractivity contribution in [3.05, 3.63) is 29.6 Å². The lowest BCUT2D eigenvalue weighted by molar-refractivity contribution is -0.143. The van der Waals surface area contributed by atoms with E-state index in [2.05, 4.69) is 0 Å². The van der Waals surface area contributed by atoms with Gasteiger partial charge in [-0.2, -0.15) is 4.31 Å². The number of piperidine rings is 1. The van der Waals surface area contributed by atoms with Gasteiger partial charge in [-0.25, -0.2) is 12.8 Å². The van der Waals surface area contributed by atoms with E-state index in [1.165, 1.54) is 12.1 Å². The van der Waals surface area contributed by atoms with E-state index in [1.807, 2.05) is 6.92 Å². The number of sulfonamides is 1. The molecule has 1 saturated heterocycles. The summed E-state index contributed by atoms with van der Waals surface area (Å²) in [6, 6.07) is 2.41. The number of carboxylic acid groups (broad SMARTS) is 1. The van der Waals surface area contributed by atoms with Crippen molar-refractivity contribution in [1.82, 2.24) is 4.31 Å². The van der Waals surface area contributed by atoms with Gasteiger partial charge in [-0.15, -0.1) is 0 Å². The molecule has 7 heteroatoms. The molecule has 1 fully saturated rings. The van der Waals surface area contributed by atoms with Gasteiger partial charge in [0.15, 0.2) is 0 Å². The fraction of sp³-hybridized carbons (Fsp3) is 0.500. The molecule has 1 aromatic carbocycles. The lowest BCUT2D eigenvalue weighted by Crippen LogP contribution is -2.49. The fourth-order valence-corrected chi connectivity index (χ4v) is 4.46. The van der Waals surface area contributed by atoms with Gasteiger partial charge < -0.3 is 5.11 Å². The normalized spacial score (nSPS) is 24.0. The smallest absolute Gasteiger partial charge is 0.322 e. The minimum atomic E-state index is -4.02. The molecule has 0 spiro atoms. The minimum Gasteiger partial charge on any atom is -0.480 e. The summed E-state index contributed by atoms with van der Waals surface area (Å²) in [6.45, 7) is 3.60. The van der Waals surface area contributed by atoms with Crippen molar-refractivity contribution in [3.8, 4) is 0 Å². The summed E-state index contributed by atoms with van der Waals surface area (Å²) in [5.41, 5.74) is 0.402. The number of carboxylic acids is 1. The Labute approximate surface area is 123 Å². The number of rotatable bonds is 3. The molecule has 1 aliphatic heterocycles. The zero-order valence-electron chi connectivity index (χ0n) is 11.9. The van der Waals surface area contributed by atoms with Gasteiger partial charge in [0.1, 0.15) is 11.9 Å². The number of hydrogen-bond acceptors (Lipinski definition) is 3. The van der Waals surface area contributed by atoms with Crippen molar-refractivity contribution in [1.29, 1.82) is 0 Å². The van der Waals surface area contributed by atoms with Crippen molar-refractivity contribution in [2.45, 2.75) is 37.6 Å². The number of aliphatic carboxylic acids is 1. The molecule has 0 saturated carbocycles. The second kappa shape index (κ2) is 5.73. The van der Waals surface area contributed by atoms with E-state index >= 15 is 0 Å². The van der Waals surface area contributed by atoms with Gasteiger partial charge in [0.25, 0.3) is 0 Å². The topological polar surface area (TPSA) is 74.7 Å². The largest absolute Gasteiger partial charge is 0.480 e. The van der Waals surface area contributed by atoms with Gasteiger partial charge in [-0.05, 0) is 43.4 Å². The molecule has 0 amide bonds. The van der Waals surface area contributed by atoms with E-state index in [4.69, 9.17) is 0 Å². The maximum atomic E-state index is 13.4. The first kappa shape index (κ1) is 15.9. The van der Waals surface area contributed by atoms with Crippen molar-refractivity contribution in [2.75, 3.05) is 6.54 Å². The van der Waals surface area contributed by atoms with Crippen LogP contribution in [-0.4, -0.2) is 36.4 Å². The molecule has 2 unspecified atom stereocenters. The van der Waals surface area contributed by atoms with Crippen LogP contribution in [0.25, 0.3) is 0 Å². The third kappa shape index (κ3) is 3.08. The Balaban J connectivity index is 2.46. The van der Waals surface area contributed by atoms with Crippen LogP contribution >= 0.6 is 0 Å². The van der Waals surface area contributed by atoms with Crippen LogP contribution in [0.2, 0.25) is 0 Å². The summed E-state index contributed by atoms with van der Waals surface area (Å²) in [5, 5.41) is 9.28. The molecule has 1 aliphatic rings. The Morgan fingerprint density at radius 3 is 2.71 bits per heavy atom. The maximum Gasteiger partial charge on any atom is 0.322 e. The molecule has 1 N–H and O–H groups in total. The summed E-state index contributed by atoms with van der Waals surface area (Å²) in [7, 11) is -4.02. The van der Waals surface area contributed by atoms with Crippen molar-refractivity contribution >= 4 is 16.0 Å². The highest BCUT2D eigenvalue weighted by atomic mass is 32.2. The monoisotopic (exact) mass is 315 g/mol. The first-order chi connectivity index (χ1) is 9.73. The van der Waals surface area contributed by atoms with Crippen LogP contribution in [-0.2, 0) is 14.8 Å².